The summed E-state index contributed by atoms with van der Waals surface area (Å²) in [5, 5.41) is 22.0. The number of rotatable bonds is 8. The Bertz CT molecular complexity index is 890. The highest BCUT2D eigenvalue weighted by Gasteiger charge is 2.37. The minimum absolute atomic E-state index is 0.298. The third-order valence-electron chi connectivity index (χ3n) is 6.09. The molecule has 1 aromatic carbocycles. The number of amides is 2. The van der Waals surface area contributed by atoms with Crippen molar-refractivity contribution in [3.8, 4) is 0 Å². The van der Waals surface area contributed by atoms with Crippen LogP contribution in [0.2, 0.25) is 0 Å². The van der Waals surface area contributed by atoms with Crippen molar-refractivity contribution in [2.75, 3.05) is 62.3 Å². The van der Waals surface area contributed by atoms with Crippen LogP contribution in [0.1, 0.15) is 20.3 Å². The number of halogens is 1. The first kappa shape index (κ1) is 25.1. The van der Waals surface area contributed by atoms with E-state index in [0.29, 0.717) is 62.1 Å². The molecule has 3 rings (SSSR count). The van der Waals surface area contributed by atoms with E-state index in [9.17, 15) is 24.2 Å². The van der Waals surface area contributed by atoms with Gasteiger partial charge in [0.25, 0.3) is 0 Å². The van der Waals surface area contributed by atoms with Gasteiger partial charge in [0.05, 0.1) is 48.1 Å². The molecule has 2 saturated heterocycles. The molecule has 1 unspecified atom stereocenters. The average molecular weight is 483 g/mol. The quantitative estimate of drug-likeness (QED) is 0.474. The zero-order chi connectivity index (χ0) is 24.2. The molecule has 1 atom stereocenters. The van der Waals surface area contributed by atoms with E-state index in [1.165, 1.54) is 17.9 Å². The van der Waals surface area contributed by atoms with Gasteiger partial charge in [-0.05, 0) is 31.5 Å². The number of carbonyl (C=O) groups excluding carboxylic acids is 2. The first-order valence-electron chi connectivity index (χ1n) is 11.0. The lowest BCUT2D eigenvalue weighted by Gasteiger charge is -2.39. The number of nitrogens with one attached hydrogen (secondary N) is 1. The molecule has 182 valence electrons. The van der Waals surface area contributed by atoms with E-state index in [1.807, 2.05) is 11.8 Å². The lowest BCUT2D eigenvalue weighted by molar-refractivity contribution is -0.146. The standard InChI is InChI=1S/C22H31FN4O5S/c1-3-19(33)24-11-16-12-27(21(31)32-16)15-4-5-18(17(23)10-15)25-6-8-26(9-7-25)20(30)22(2,13-28)14-29/h4-5,10,16,28-29H,3,6-9,11-14H2,1-2H3,(H,24,33). The van der Waals surface area contributed by atoms with Crippen LogP contribution in [0.3, 0.4) is 0 Å². The lowest BCUT2D eigenvalue weighted by Crippen LogP contribution is -2.54. The molecule has 9 nitrogen and oxygen atoms in total. The topological polar surface area (TPSA) is 106 Å². The van der Waals surface area contributed by atoms with Gasteiger partial charge in [-0.1, -0.05) is 19.1 Å². The Morgan fingerprint density at radius 2 is 1.94 bits per heavy atom. The zero-order valence-electron chi connectivity index (χ0n) is 18.9. The molecule has 2 aliphatic heterocycles. The Labute approximate surface area is 198 Å². The third kappa shape index (κ3) is 5.53. The van der Waals surface area contributed by atoms with Gasteiger partial charge in [-0.25, -0.2) is 9.18 Å². The summed E-state index contributed by atoms with van der Waals surface area (Å²) in [5.41, 5.74) is -0.428. The molecular formula is C22H31FN4O5S. The van der Waals surface area contributed by atoms with Crippen molar-refractivity contribution in [3.63, 3.8) is 0 Å². The largest absolute Gasteiger partial charge is 0.442 e. The number of piperazine rings is 1. The molecule has 1 aromatic rings. The summed E-state index contributed by atoms with van der Waals surface area (Å²) in [6.07, 6.45) is -0.199. The van der Waals surface area contributed by atoms with Gasteiger partial charge in [0.1, 0.15) is 11.9 Å². The minimum atomic E-state index is -1.23. The van der Waals surface area contributed by atoms with Crippen molar-refractivity contribution in [1.29, 1.82) is 0 Å². The first-order chi connectivity index (χ1) is 15.7. The number of aliphatic hydroxyl groups is 2. The maximum absolute atomic E-state index is 15.0. The Morgan fingerprint density at radius 3 is 2.52 bits per heavy atom. The highest BCUT2D eigenvalue weighted by Crippen LogP contribution is 2.29. The van der Waals surface area contributed by atoms with Gasteiger partial charge >= 0.3 is 6.09 Å². The van der Waals surface area contributed by atoms with Gasteiger partial charge in [-0.2, -0.15) is 0 Å². The summed E-state index contributed by atoms with van der Waals surface area (Å²) in [6.45, 7) is 4.78. The van der Waals surface area contributed by atoms with Crippen molar-refractivity contribution in [3.05, 3.63) is 24.0 Å². The van der Waals surface area contributed by atoms with Crippen LogP contribution in [0.4, 0.5) is 20.6 Å². The minimum Gasteiger partial charge on any atom is -0.442 e. The molecule has 0 aliphatic carbocycles. The molecule has 2 fully saturated rings. The second-order valence-electron chi connectivity index (χ2n) is 8.57. The first-order valence-corrected chi connectivity index (χ1v) is 11.4. The number of ether oxygens (including phenoxy) is 1. The number of aliphatic hydroxyl groups excluding tert-OH is 2. The summed E-state index contributed by atoms with van der Waals surface area (Å²) in [5.74, 6) is -0.788. The average Bonchev–Trinajstić information content (AvgIpc) is 3.22. The Kier molecular flexibility index (Phi) is 8.09. The summed E-state index contributed by atoms with van der Waals surface area (Å²) in [4.78, 5) is 30.4. The summed E-state index contributed by atoms with van der Waals surface area (Å²) in [7, 11) is 0. The van der Waals surface area contributed by atoms with Crippen LogP contribution in [-0.2, 0) is 9.53 Å². The number of carbonyl (C=O) groups is 2. The van der Waals surface area contributed by atoms with Gasteiger partial charge in [0, 0.05) is 26.2 Å². The second kappa shape index (κ2) is 10.6. The predicted molar refractivity (Wildman–Crippen MR) is 126 cm³/mol. The normalized spacial score (nSPS) is 19.0. The Hall–Kier alpha value is -2.50. The highest BCUT2D eigenvalue weighted by atomic mass is 32.1. The van der Waals surface area contributed by atoms with E-state index < -0.39 is 30.5 Å². The molecule has 0 spiro atoms. The molecule has 2 heterocycles. The fourth-order valence-corrected chi connectivity index (χ4v) is 3.91. The maximum atomic E-state index is 15.0. The van der Waals surface area contributed by atoms with Crippen LogP contribution in [0.5, 0.6) is 0 Å². The van der Waals surface area contributed by atoms with Crippen molar-refractivity contribution in [2.45, 2.75) is 26.4 Å². The number of hydrogen-bond acceptors (Lipinski definition) is 7. The highest BCUT2D eigenvalue weighted by molar-refractivity contribution is 7.80. The number of cyclic esters (lactones) is 1. The number of nitrogens with zero attached hydrogens (tertiary/aromatic N) is 3. The summed E-state index contributed by atoms with van der Waals surface area (Å²) >= 11 is 5.12. The van der Waals surface area contributed by atoms with E-state index >= 15 is 0 Å². The van der Waals surface area contributed by atoms with Crippen LogP contribution in [0.25, 0.3) is 0 Å². The molecule has 2 amide bonds. The predicted octanol–water partition coefficient (Wildman–Crippen LogP) is 1.12. The molecule has 0 aromatic heterocycles. The van der Waals surface area contributed by atoms with E-state index in [-0.39, 0.29) is 12.0 Å². The molecule has 3 N–H and O–H groups in total. The molecule has 0 radical (unpaired) electrons. The molecule has 33 heavy (non-hydrogen) atoms. The summed E-state index contributed by atoms with van der Waals surface area (Å²) < 4.78 is 20.3. The number of thiocarbonyl (C=S) groups is 1. The second-order valence-corrected chi connectivity index (χ2v) is 9.06. The van der Waals surface area contributed by atoms with Gasteiger partial charge in [0.2, 0.25) is 5.91 Å². The van der Waals surface area contributed by atoms with E-state index in [4.69, 9.17) is 17.0 Å². The van der Waals surface area contributed by atoms with Crippen molar-refractivity contribution in [2.24, 2.45) is 5.41 Å². The number of anilines is 2. The van der Waals surface area contributed by atoms with Crippen LogP contribution in [0.15, 0.2) is 18.2 Å². The van der Waals surface area contributed by atoms with Crippen LogP contribution in [-0.4, -0.2) is 90.7 Å². The zero-order valence-corrected chi connectivity index (χ0v) is 19.7. The molecule has 0 bridgehead atoms. The van der Waals surface area contributed by atoms with Gasteiger partial charge in [-0.15, -0.1) is 0 Å². The van der Waals surface area contributed by atoms with Gasteiger partial charge < -0.3 is 30.1 Å². The van der Waals surface area contributed by atoms with Crippen molar-refractivity contribution in [1.82, 2.24) is 10.2 Å². The number of benzene rings is 1. The fourth-order valence-electron chi connectivity index (χ4n) is 3.83. The third-order valence-corrected chi connectivity index (χ3v) is 6.52. The molecule has 11 heteroatoms. The van der Waals surface area contributed by atoms with E-state index in [1.54, 1.807) is 17.0 Å². The lowest BCUT2D eigenvalue weighted by atomic mass is 9.91. The smallest absolute Gasteiger partial charge is 0.414 e. The maximum Gasteiger partial charge on any atom is 0.414 e. The molecule has 2 aliphatic rings. The monoisotopic (exact) mass is 482 g/mol. The number of hydrogen-bond donors (Lipinski definition) is 3. The van der Waals surface area contributed by atoms with Crippen molar-refractivity contribution >= 4 is 40.6 Å². The van der Waals surface area contributed by atoms with Gasteiger partial charge in [-0.3, -0.25) is 9.69 Å². The fraction of sp³-hybridized carbons (Fsp3) is 0.591. The Morgan fingerprint density at radius 1 is 1.27 bits per heavy atom. The van der Waals surface area contributed by atoms with E-state index in [0.717, 1.165) is 0 Å². The molecular weight excluding hydrogens is 451 g/mol. The van der Waals surface area contributed by atoms with Gasteiger partial charge in [0.15, 0.2) is 0 Å². The van der Waals surface area contributed by atoms with Crippen LogP contribution < -0.4 is 15.1 Å². The molecule has 0 saturated carbocycles. The van der Waals surface area contributed by atoms with E-state index in [2.05, 4.69) is 5.32 Å². The van der Waals surface area contributed by atoms with Crippen LogP contribution >= 0.6 is 12.2 Å². The Balaban J connectivity index is 1.61. The van der Waals surface area contributed by atoms with Crippen molar-refractivity contribution < 1.29 is 28.9 Å². The van der Waals surface area contributed by atoms with Crippen LogP contribution in [0, 0.1) is 11.2 Å². The summed E-state index contributed by atoms with van der Waals surface area (Å²) in [6, 6.07) is 4.62. The SMILES string of the molecule is CCC(=S)NCC1CN(c2ccc(N3CCN(C(=O)C(C)(CO)CO)CC3)c(F)c2)C(=O)O1.